The summed E-state index contributed by atoms with van der Waals surface area (Å²) in [6.45, 7) is 10.1. The molecule has 1 N–H and O–H groups in total. The van der Waals surface area contributed by atoms with Crippen molar-refractivity contribution in [2.45, 2.75) is 65.3 Å². The molecule has 1 aromatic rings. The van der Waals surface area contributed by atoms with Crippen molar-refractivity contribution in [3.8, 4) is 0 Å². The standard InChI is InChI=1S/C15H26N2S/c1-5-13-12(4)18-14(17-13)15(16-6-2)10-8-7-9-11(15)3/h11,16H,5-10H2,1-4H3. The first-order valence-electron chi connectivity index (χ1n) is 7.35. The molecule has 3 heteroatoms. The molecule has 0 amide bonds. The Bertz CT molecular complexity index is 395. The van der Waals surface area contributed by atoms with Gasteiger partial charge in [-0.2, -0.15) is 0 Å². The van der Waals surface area contributed by atoms with E-state index >= 15 is 0 Å². The van der Waals surface area contributed by atoms with Crippen LogP contribution in [0.4, 0.5) is 0 Å². The Morgan fingerprint density at radius 2 is 2.17 bits per heavy atom. The second-order valence-electron chi connectivity index (χ2n) is 5.52. The lowest BCUT2D eigenvalue weighted by Crippen LogP contribution is -2.49. The zero-order chi connectivity index (χ0) is 13.2. The topological polar surface area (TPSA) is 24.9 Å². The summed E-state index contributed by atoms with van der Waals surface area (Å²) in [4.78, 5) is 6.35. The van der Waals surface area contributed by atoms with E-state index < -0.39 is 0 Å². The molecule has 1 aliphatic carbocycles. The summed E-state index contributed by atoms with van der Waals surface area (Å²) in [5.74, 6) is 0.696. The highest BCUT2D eigenvalue weighted by atomic mass is 32.1. The van der Waals surface area contributed by atoms with Gasteiger partial charge in [-0.25, -0.2) is 4.98 Å². The van der Waals surface area contributed by atoms with Gasteiger partial charge in [0.05, 0.1) is 11.2 Å². The molecule has 2 rings (SSSR count). The van der Waals surface area contributed by atoms with Crippen molar-refractivity contribution >= 4 is 11.3 Å². The summed E-state index contributed by atoms with van der Waals surface area (Å²) in [5.41, 5.74) is 1.45. The van der Waals surface area contributed by atoms with E-state index in [4.69, 9.17) is 4.98 Å². The molecule has 18 heavy (non-hydrogen) atoms. The maximum absolute atomic E-state index is 4.95. The first-order chi connectivity index (χ1) is 8.64. The number of hydrogen-bond donors (Lipinski definition) is 1. The van der Waals surface area contributed by atoms with E-state index in [0.717, 1.165) is 13.0 Å². The van der Waals surface area contributed by atoms with Crippen LogP contribution < -0.4 is 5.32 Å². The number of hydrogen-bond acceptors (Lipinski definition) is 3. The molecule has 1 aromatic heterocycles. The molecule has 2 nitrogen and oxygen atoms in total. The fourth-order valence-electron chi connectivity index (χ4n) is 3.27. The number of nitrogens with zero attached hydrogens (tertiary/aromatic N) is 1. The van der Waals surface area contributed by atoms with Crippen LogP contribution in [0, 0.1) is 12.8 Å². The summed E-state index contributed by atoms with van der Waals surface area (Å²) < 4.78 is 0. The van der Waals surface area contributed by atoms with Crippen LogP contribution in [0.5, 0.6) is 0 Å². The van der Waals surface area contributed by atoms with Crippen LogP contribution in [0.3, 0.4) is 0 Å². The van der Waals surface area contributed by atoms with Crippen LogP contribution in [0.25, 0.3) is 0 Å². The molecule has 1 saturated carbocycles. The lowest BCUT2D eigenvalue weighted by molar-refractivity contribution is 0.156. The largest absolute Gasteiger partial charge is 0.305 e. The first-order valence-corrected chi connectivity index (χ1v) is 8.17. The zero-order valence-corrected chi connectivity index (χ0v) is 13.0. The smallest absolute Gasteiger partial charge is 0.114 e. The van der Waals surface area contributed by atoms with E-state index in [-0.39, 0.29) is 5.54 Å². The Labute approximate surface area is 115 Å². The van der Waals surface area contributed by atoms with Gasteiger partial charge in [-0.3, -0.25) is 0 Å². The van der Waals surface area contributed by atoms with E-state index in [0.29, 0.717) is 5.92 Å². The Morgan fingerprint density at radius 1 is 1.39 bits per heavy atom. The number of rotatable bonds is 4. The highest BCUT2D eigenvalue weighted by molar-refractivity contribution is 7.11. The van der Waals surface area contributed by atoms with Crippen molar-refractivity contribution in [2.24, 2.45) is 5.92 Å². The number of aromatic nitrogens is 1. The molecule has 0 spiro atoms. The van der Waals surface area contributed by atoms with Gasteiger partial charge >= 0.3 is 0 Å². The summed E-state index contributed by atoms with van der Waals surface area (Å²) in [6, 6.07) is 0. The van der Waals surface area contributed by atoms with Crippen molar-refractivity contribution in [3.05, 3.63) is 15.6 Å². The predicted octanol–water partition coefficient (Wildman–Crippen LogP) is 4.03. The van der Waals surface area contributed by atoms with Crippen LogP contribution >= 0.6 is 11.3 Å². The van der Waals surface area contributed by atoms with Crippen LogP contribution in [0.15, 0.2) is 0 Å². The second-order valence-corrected chi connectivity index (χ2v) is 6.73. The third kappa shape index (κ3) is 2.35. The number of thiazole rings is 1. The maximum atomic E-state index is 4.95. The van der Waals surface area contributed by atoms with Crippen LogP contribution in [-0.2, 0) is 12.0 Å². The molecule has 1 fully saturated rings. The minimum absolute atomic E-state index is 0.149. The van der Waals surface area contributed by atoms with Crippen molar-refractivity contribution in [2.75, 3.05) is 6.54 Å². The SMILES string of the molecule is CCNC1(c2nc(CC)c(C)s2)CCCCC1C. The van der Waals surface area contributed by atoms with E-state index in [1.165, 1.54) is 41.3 Å². The molecular formula is C15H26N2S. The van der Waals surface area contributed by atoms with Gasteiger partial charge in [0, 0.05) is 4.88 Å². The van der Waals surface area contributed by atoms with Gasteiger partial charge in [-0.05, 0) is 38.6 Å². The lowest BCUT2D eigenvalue weighted by Gasteiger charge is -2.42. The molecule has 1 aliphatic rings. The molecule has 1 heterocycles. The van der Waals surface area contributed by atoms with Crippen molar-refractivity contribution < 1.29 is 0 Å². The fourth-order valence-corrected chi connectivity index (χ4v) is 4.58. The van der Waals surface area contributed by atoms with E-state index in [1.807, 2.05) is 11.3 Å². The average Bonchev–Trinajstić information content (AvgIpc) is 2.74. The van der Waals surface area contributed by atoms with Crippen LogP contribution in [0.2, 0.25) is 0 Å². The fraction of sp³-hybridized carbons (Fsp3) is 0.800. The number of aryl methyl sites for hydroxylation is 2. The quantitative estimate of drug-likeness (QED) is 0.890. The monoisotopic (exact) mass is 266 g/mol. The Balaban J connectivity index is 2.38. The Morgan fingerprint density at radius 3 is 2.72 bits per heavy atom. The van der Waals surface area contributed by atoms with E-state index in [2.05, 4.69) is 33.0 Å². The minimum Gasteiger partial charge on any atom is -0.305 e. The van der Waals surface area contributed by atoms with E-state index in [9.17, 15) is 0 Å². The highest BCUT2D eigenvalue weighted by Crippen LogP contribution is 2.43. The molecule has 2 unspecified atom stereocenters. The van der Waals surface area contributed by atoms with Crippen molar-refractivity contribution in [3.63, 3.8) is 0 Å². The van der Waals surface area contributed by atoms with Crippen molar-refractivity contribution in [1.82, 2.24) is 10.3 Å². The summed E-state index contributed by atoms with van der Waals surface area (Å²) in [7, 11) is 0. The predicted molar refractivity (Wildman–Crippen MR) is 79.2 cm³/mol. The zero-order valence-electron chi connectivity index (χ0n) is 12.2. The molecular weight excluding hydrogens is 240 g/mol. The normalized spacial score (nSPS) is 28.6. The van der Waals surface area contributed by atoms with Gasteiger partial charge in [0.25, 0.3) is 0 Å². The third-order valence-corrected chi connectivity index (χ3v) is 5.59. The maximum Gasteiger partial charge on any atom is 0.114 e. The van der Waals surface area contributed by atoms with Crippen molar-refractivity contribution in [1.29, 1.82) is 0 Å². The summed E-state index contributed by atoms with van der Waals surface area (Å²) >= 11 is 1.91. The van der Waals surface area contributed by atoms with Crippen LogP contribution in [0.1, 0.15) is 62.0 Å². The molecule has 0 aromatic carbocycles. The van der Waals surface area contributed by atoms with Gasteiger partial charge < -0.3 is 5.32 Å². The molecule has 0 aliphatic heterocycles. The lowest BCUT2D eigenvalue weighted by atomic mass is 9.74. The minimum atomic E-state index is 0.149. The first kappa shape index (κ1) is 14.0. The molecule has 0 radical (unpaired) electrons. The van der Waals surface area contributed by atoms with Gasteiger partial charge in [0.2, 0.25) is 0 Å². The van der Waals surface area contributed by atoms with Gasteiger partial charge in [-0.1, -0.05) is 33.6 Å². The molecule has 0 bridgehead atoms. The van der Waals surface area contributed by atoms with Crippen LogP contribution in [-0.4, -0.2) is 11.5 Å². The average molecular weight is 266 g/mol. The van der Waals surface area contributed by atoms with Gasteiger partial charge in [0.15, 0.2) is 0 Å². The Kier molecular flexibility index (Phi) is 4.44. The summed E-state index contributed by atoms with van der Waals surface area (Å²) in [5, 5.41) is 5.12. The van der Waals surface area contributed by atoms with E-state index in [1.54, 1.807) is 0 Å². The highest BCUT2D eigenvalue weighted by Gasteiger charge is 2.41. The Hall–Kier alpha value is -0.410. The molecule has 2 atom stereocenters. The second kappa shape index (κ2) is 5.70. The summed E-state index contributed by atoms with van der Waals surface area (Å²) in [6.07, 6.45) is 6.33. The third-order valence-electron chi connectivity index (χ3n) is 4.40. The van der Waals surface area contributed by atoms with Gasteiger partial charge in [0.1, 0.15) is 5.01 Å². The number of nitrogens with one attached hydrogen (secondary N) is 1. The van der Waals surface area contributed by atoms with Gasteiger partial charge in [-0.15, -0.1) is 11.3 Å². The molecule has 0 saturated heterocycles. The molecule has 102 valence electrons.